The van der Waals surface area contributed by atoms with Crippen molar-refractivity contribution in [2.45, 2.75) is 16.6 Å². The van der Waals surface area contributed by atoms with E-state index in [1.54, 1.807) is 7.05 Å². The number of hydrogen-bond acceptors (Lipinski definition) is 13. The summed E-state index contributed by atoms with van der Waals surface area (Å²) in [5.41, 5.74) is 4.27. The van der Waals surface area contributed by atoms with E-state index in [4.69, 9.17) is 22.2 Å². The number of carboxylic acids is 1. The molecule has 0 aliphatic carbocycles. The largest absolute Gasteiger partial charge is 0.481 e. The fourth-order valence-corrected chi connectivity index (χ4v) is 7.11. The molecule has 2 saturated heterocycles. The Labute approximate surface area is 221 Å². The van der Waals surface area contributed by atoms with Crippen LogP contribution in [-0.2, 0) is 26.3 Å². The van der Waals surface area contributed by atoms with Crippen LogP contribution in [-0.4, -0.2) is 94.8 Å². The average molecular weight is 574 g/mol. The smallest absolute Gasteiger partial charge is 0.313 e. The Balaban J connectivity index is 1.45. The second-order valence-electron chi connectivity index (χ2n) is 7.78. The fourth-order valence-electron chi connectivity index (χ4n) is 3.47. The molecular weight excluding hydrogens is 554 g/mol. The second-order valence-corrected chi connectivity index (χ2v) is 11.5. The molecule has 2 aliphatic heterocycles. The van der Waals surface area contributed by atoms with Crippen LogP contribution in [0.1, 0.15) is 5.69 Å². The predicted molar refractivity (Wildman–Crippen MR) is 134 cm³/mol. The minimum atomic E-state index is -1.21. The Bertz CT molecular complexity index is 1240. The van der Waals surface area contributed by atoms with E-state index < -0.39 is 34.6 Å². The Morgan fingerprint density at radius 2 is 2.31 bits per heavy atom. The normalized spacial score (nSPS) is 23.6. The van der Waals surface area contributed by atoms with Gasteiger partial charge in [-0.05, 0) is 10.4 Å². The highest BCUT2D eigenvalue weighted by atomic mass is 35.5. The number of carbonyl (C=O) groups excluding carboxylic acids is 2. The zero-order valence-corrected chi connectivity index (χ0v) is 21.9. The van der Waals surface area contributed by atoms with Crippen LogP contribution in [0.2, 0.25) is 4.34 Å². The number of rotatable bonds is 10. The summed E-state index contributed by atoms with van der Waals surface area (Å²) < 4.78 is 1.58. The van der Waals surface area contributed by atoms with Crippen LogP contribution in [0.3, 0.4) is 0 Å². The molecule has 3 atom stereocenters. The van der Waals surface area contributed by atoms with Crippen LogP contribution < -0.4 is 11.1 Å². The number of aromatic nitrogens is 5. The van der Waals surface area contributed by atoms with E-state index in [1.165, 1.54) is 39.2 Å². The Morgan fingerprint density at radius 1 is 1.53 bits per heavy atom. The SMILES string of the molecule is C=CCON=C(C(=O)NC1C(=O)N2CC(CSc3nnnn3C)(C(=O)O)CS[C@H]12)c1nc(N)sc1Cl. The molecule has 2 aliphatic rings. The van der Waals surface area contributed by atoms with Gasteiger partial charge in [-0.1, -0.05) is 52.5 Å². The standard InChI is InChI=1S/C18H20ClN9O5S3/c1-3-4-33-24-9(8-11(19)36-16(20)22-8)12(29)21-10-13(30)28-5-18(15(31)32,6-34-14(10)28)7-35-17-23-25-26-27(17)2/h3,10,14H,1,4-7H2,2H3,(H2,20,22)(H,21,29)(H,31,32)/t10?,14-,18?/m1/s1. The number of aryl methyl sites for hydroxylation is 1. The molecule has 4 rings (SSSR count). The summed E-state index contributed by atoms with van der Waals surface area (Å²) in [7, 11) is 1.65. The van der Waals surface area contributed by atoms with Gasteiger partial charge in [-0.25, -0.2) is 9.67 Å². The number of nitrogen functional groups attached to an aromatic ring is 1. The molecule has 4 N–H and O–H groups in total. The topological polar surface area (TPSA) is 191 Å². The number of halogens is 1. The second kappa shape index (κ2) is 10.6. The molecular formula is C18H20ClN9O5S3. The van der Waals surface area contributed by atoms with Crippen molar-refractivity contribution in [1.82, 2.24) is 35.4 Å². The first-order valence-electron chi connectivity index (χ1n) is 10.2. The molecule has 0 spiro atoms. The number of tetrazole rings is 1. The minimum Gasteiger partial charge on any atom is -0.481 e. The molecule has 0 aromatic carbocycles. The third kappa shape index (κ3) is 5.00. The number of nitrogens with zero attached hydrogens (tertiary/aromatic N) is 7. The van der Waals surface area contributed by atoms with Crippen LogP contribution >= 0.6 is 46.5 Å². The minimum absolute atomic E-state index is 0.0126. The van der Waals surface area contributed by atoms with E-state index >= 15 is 0 Å². The molecule has 36 heavy (non-hydrogen) atoms. The molecule has 18 heteroatoms. The molecule has 2 amide bonds. The number of β-lactam (4-membered cyclic amide) rings is 1. The predicted octanol–water partition coefficient (Wildman–Crippen LogP) is 0.0721. The van der Waals surface area contributed by atoms with Gasteiger partial charge in [0.05, 0.1) is 0 Å². The van der Waals surface area contributed by atoms with Crippen molar-refractivity contribution < 1.29 is 24.3 Å². The molecule has 0 saturated carbocycles. The molecule has 2 aromatic rings. The highest BCUT2D eigenvalue weighted by Gasteiger charge is 2.57. The van der Waals surface area contributed by atoms with E-state index in [0.29, 0.717) is 5.16 Å². The molecule has 0 bridgehead atoms. The van der Waals surface area contributed by atoms with Crippen LogP contribution in [0.15, 0.2) is 23.0 Å². The number of fused-ring (bicyclic) bond motifs is 1. The van der Waals surface area contributed by atoms with Gasteiger partial charge in [0.2, 0.25) is 11.1 Å². The van der Waals surface area contributed by atoms with Crippen LogP contribution in [0.4, 0.5) is 5.13 Å². The van der Waals surface area contributed by atoms with Crippen molar-refractivity contribution in [3.8, 4) is 0 Å². The maximum absolute atomic E-state index is 13.0. The lowest BCUT2D eigenvalue weighted by Crippen LogP contribution is -2.74. The number of oxime groups is 1. The summed E-state index contributed by atoms with van der Waals surface area (Å²) in [5, 5.41) is 27.7. The number of anilines is 1. The number of thioether (sulfide) groups is 2. The van der Waals surface area contributed by atoms with Gasteiger partial charge < -0.3 is 25.9 Å². The third-order valence-electron chi connectivity index (χ3n) is 5.33. The molecule has 2 fully saturated rings. The molecule has 14 nitrogen and oxygen atoms in total. The number of nitrogens with one attached hydrogen (secondary N) is 1. The van der Waals surface area contributed by atoms with Crippen LogP contribution in [0.25, 0.3) is 0 Å². The summed E-state index contributed by atoms with van der Waals surface area (Å²) >= 11 is 9.58. The van der Waals surface area contributed by atoms with Gasteiger partial charge in [-0.15, -0.1) is 16.9 Å². The van der Waals surface area contributed by atoms with Gasteiger partial charge in [0, 0.05) is 25.1 Å². The van der Waals surface area contributed by atoms with Crippen molar-refractivity contribution in [3.63, 3.8) is 0 Å². The van der Waals surface area contributed by atoms with Crippen molar-refractivity contribution >= 4 is 75.1 Å². The molecule has 2 aromatic heterocycles. The zero-order chi connectivity index (χ0) is 26.0. The lowest BCUT2D eigenvalue weighted by molar-refractivity contribution is -0.157. The van der Waals surface area contributed by atoms with E-state index in [0.717, 1.165) is 11.3 Å². The van der Waals surface area contributed by atoms with Crippen molar-refractivity contribution in [2.75, 3.05) is 30.4 Å². The average Bonchev–Trinajstić information content (AvgIpc) is 3.41. The van der Waals surface area contributed by atoms with Crippen molar-refractivity contribution in [3.05, 3.63) is 22.7 Å². The summed E-state index contributed by atoms with van der Waals surface area (Å²) in [6.07, 6.45) is 1.44. The van der Waals surface area contributed by atoms with Gasteiger partial charge in [0.25, 0.3) is 5.91 Å². The number of aliphatic carboxylic acids is 1. The first-order valence-corrected chi connectivity index (χ1v) is 13.4. The molecule has 2 unspecified atom stereocenters. The van der Waals surface area contributed by atoms with Crippen molar-refractivity contribution in [2.24, 2.45) is 17.6 Å². The van der Waals surface area contributed by atoms with E-state index in [9.17, 15) is 19.5 Å². The lowest BCUT2D eigenvalue weighted by atomic mass is 9.89. The van der Waals surface area contributed by atoms with Crippen LogP contribution in [0, 0.1) is 5.41 Å². The number of carbonyl (C=O) groups is 3. The maximum atomic E-state index is 13.0. The van der Waals surface area contributed by atoms with Crippen molar-refractivity contribution in [1.29, 1.82) is 0 Å². The number of hydrogen-bond donors (Lipinski definition) is 3. The van der Waals surface area contributed by atoms with E-state index in [2.05, 4.69) is 37.6 Å². The summed E-state index contributed by atoms with van der Waals surface area (Å²) in [4.78, 5) is 48.7. The quantitative estimate of drug-likeness (QED) is 0.0866. The number of amides is 2. The number of thiazole rings is 1. The van der Waals surface area contributed by atoms with Gasteiger partial charge >= 0.3 is 5.97 Å². The highest BCUT2D eigenvalue weighted by molar-refractivity contribution is 8.00. The summed E-state index contributed by atoms with van der Waals surface area (Å²) in [6.45, 7) is 3.53. The van der Waals surface area contributed by atoms with Gasteiger partial charge in [-0.3, -0.25) is 14.4 Å². The lowest BCUT2D eigenvalue weighted by Gasteiger charge is -2.53. The molecule has 0 radical (unpaired) electrons. The van der Waals surface area contributed by atoms with Crippen LogP contribution in [0.5, 0.6) is 0 Å². The summed E-state index contributed by atoms with van der Waals surface area (Å²) in [5.74, 6) is -1.78. The zero-order valence-electron chi connectivity index (χ0n) is 18.7. The van der Waals surface area contributed by atoms with Gasteiger partial charge in [-0.2, -0.15) is 0 Å². The van der Waals surface area contributed by atoms with E-state index in [1.807, 2.05) is 0 Å². The van der Waals surface area contributed by atoms with Gasteiger partial charge in [0.15, 0.2) is 10.8 Å². The number of nitrogens with two attached hydrogens (primary N) is 1. The summed E-state index contributed by atoms with van der Waals surface area (Å²) in [6, 6.07) is -0.885. The number of carboxylic acid groups (broad SMARTS) is 1. The fraction of sp³-hybridized carbons (Fsp3) is 0.444. The Kier molecular flexibility index (Phi) is 7.72. The van der Waals surface area contributed by atoms with Gasteiger partial charge in [0.1, 0.15) is 33.5 Å². The third-order valence-corrected chi connectivity index (χ3v) is 9.31. The Morgan fingerprint density at radius 3 is 2.92 bits per heavy atom. The monoisotopic (exact) mass is 573 g/mol. The Hall–Kier alpha value is -2.89. The maximum Gasteiger partial charge on any atom is 0.313 e. The molecule has 192 valence electrons. The van der Waals surface area contributed by atoms with E-state index in [-0.39, 0.29) is 45.5 Å². The highest BCUT2D eigenvalue weighted by Crippen LogP contribution is 2.44. The first kappa shape index (κ1) is 26.2. The molecule has 4 heterocycles. The first-order chi connectivity index (χ1) is 17.2.